The standard InChI is InChI=1S/C20H30N4O8/c1-13(11-29-17(25)21-3)31-19(27)23-9-15-6-5-7-16(8-15)10-24-20(28)32-14(2)12-30-18(26)22-4/h5-8,13-14H,9-12H2,1-4H3,(H,21,25)(H,22,26)(H,23,27)(H,24,28). The zero-order valence-corrected chi connectivity index (χ0v) is 18.6. The van der Waals surface area contributed by atoms with Crippen molar-refractivity contribution >= 4 is 24.4 Å². The molecule has 12 nitrogen and oxygen atoms in total. The molecule has 0 aliphatic carbocycles. The maximum Gasteiger partial charge on any atom is 0.407 e. The first-order valence-corrected chi connectivity index (χ1v) is 9.89. The van der Waals surface area contributed by atoms with Gasteiger partial charge in [0.25, 0.3) is 0 Å². The highest BCUT2D eigenvalue weighted by atomic mass is 16.6. The lowest BCUT2D eigenvalue weighted by molar-refractivity contribution is 0.0535. The summed E-state index contributed by atoms with van der Waals surface area (Å²) in [7, 11) is 2.86. The van der Waals surface area contributed by atoms with Crippen LogP contribution in [-0.4, -0.2) is 63.9 Å². The zero-order valence-electron chi connectivity index (χ0n) is 18.6. The first-order valence-electron chi connectivity index (χ1n) is 9.89. The Morgan fingerprint density at radius 3 is 1.53 bits per heavy atom. The number of ether oxygens (including phenoxy) is 4. The second kappa shape index (κ2) is 14.3. The molecule has 4 amide bonds. The fraction of sp³-hybridized carbons (Fsp3) is 0.500. The van der Waals surface area contributed by atoms with Crippen molar-refractivity contribution in [1.29, 1.82) is 0 Å². The molecule has 0 heterocycles. The van der Waals surface area contributed by atoms with Gasteiger partial charge in [-0.1, -0.05) is 24.3 Å². The molecular formula is C20H30N4O8. The number of benzene rings is 1. The Balaban J connectivity index is 2.37. The first kappa shape index (κ1) is 26.3. The van der Waals surface area contributed by atoms with Gasteiger partial charge in [-0.25, -0.2) is 19.2 Å². The molecule has 0 radical (unpaired) electrons. The fourth-order valence-electron chi connectivity index (χ4n) is 2.25. The summed E-state index contributed by atoms with van der Waals surface area (Å²) in [6.07, 6.45) is -3.75. The summed E-state index contributed by atoms with van der Waals surface area (Å²) in [5.41, 5.74) is 1.58. The van der Waals surface area contributed by atoms with Gasteiger partial charge >= 0.3 is 24.4 Å². The minimum absolute atomic E-state index is 0.0686. The van der Waals surface area contributed by atoms with Crippen molar-refractivity contribution in [3.05, 3.63) is 35.4 Å². The Morgan fingerprint density at radius 2 is 1.16 bits per heavy atom. The maximum absolute atomic E-state index is 11.9. The van der Waals surface area contributed by atoms with Gasteiger partial charge < -0.3 is 40.2 Å². The molecule has 0 aliphatic heterocycles. The fourth-order valence-corrected chi connectivity index (χ4v) is 2.25. The van der Waals surface area contributed by atoms with E-state index in [-0.39, 0.29) is 26.3 Å². The van der Waals surface area contributed by atoms with Crippen molar-refractivity contribution < 1.29 is 38.1 Å². The largest absolute Gasteiger partial charge is 0.446 e. The lowest BCUT2D eigenvalue weighted by Gasteiger charge is -2.15. The van der Waals surface area contributed by atoms with Gasteiger partial charge in [-0.2, -0.15) is 0 Å². The van der Waals surface area contributed by atoms with Crippen LogP contribution in [-0.2, 0) is 32.0 Å². The summed E-state index contributed by atoms with van der Waals surface area (Å²) in [4.78, 5) is 45.7. The van der Waals surface area contributed by atoms with Crippen molar-refractivity contribution in [3.8, 4) is 0 Å². The zero-order chi connectivity index (χ0) is 23.9. The lowest BCUT2D eigenvalue weighted by atomic mass is 10.1. The van der Waals surface area contributed by atoms with Crippen LogP contribution < -0.4 is 21.3 Å². The van der Waals surface area contributed by atoms with E-state index >= 15 is 0 Å². The third-order valence-corrected chi connectivity index (χ3v) is 3.79. The third-order valence-electron chi connectivity index (χ3n) is 3.79. The molecule has 4 N–H and O–H groups in total. The van der Waals surface area contributed by atoms with Gasteiger partial charge in [0, 0.05) is 27.2 Å². The lowest BCUT2D eigenvalue weighted by Crippen LogP contribution is -2.31. The number of rotatable bonds is 10. The van der Waals surface area contributed by atoms with Crippen LogP contribution in [0.25, 0.3) is 0 Å². The Labute approximate surface area is 186 Å². The monoisotopic (exact) mass is 454 g/mol. The number of nitrogens with one attached hydrogen (secondary N) is 4. The van der Waals surface area contributed by atoms with E-state index in [0.29, 0.717) is 0 Å². The summed E-state index contributed by atoms with van der Waals surface area (Å²) in [6.45, 7) is 3.46. The number of carbonyl (C=O) groups is 4. The summed E-state index contributed by atoms with van der Waals surface area (Å²) in [6, 6.07) is 7.19. The van der Waals surface area contributed by atoms with Crippen LogP contribution in [0.5, 0.6) is 0 Å². The number of carbonyl (C=O) groups excluding carboxylic acids is 4. The van der Waals surface area contributed by atoms with Crippen LogP contribution in [0, 0.1) is 0 Å². The van der Waals surface area contributed by atoms with E-state index in [2.05, 4.69) is 21.3 Å². The molecule has 0 bridgehead atoms. The Kier molecular flexibility index (Phi) is 11.8. The highest BCUT2D eigenvalue weighted by molar-refractivity contribution is 5.68. The van der Waals surface area contributed by atoms with Gasteiger partial charge in [0.1, 0.15) is 25.4 Å². The molecule has 2 atom stereocenters. The summed E-state index contributed by atoms with van der Waals surface area (Å²) in [5.74, 6) is 0. The highest BCUT2D eigenvalue weighted by Gasteiger charge is 2.13. The van der Waals surface area contributed by atoms with E-state index < -0.39 is 36.6 Å². The van der Waals surface area contributed by atoms with Gasteiger partial charge in [0.2, 0.25) is 0 Å². The molecule has 0 fully saturated rings. The number of hydrogen-bond donors (Lipinski definition) is 4. The van der Waals surface area contributed by atoms with E-state index in [1.807, 2.05) is 0 Å². The van der Waals surface area contributed by atoms with Crippen molar-refractivity contribution in [2.24, 2.45) is 0 Å². The molecule has 12 heteroatoms. The van der Waals surface area contributed by atoms with Crippen LogP contribution in [0.1, 0.15) is 25.0 Å². The van der Waals surface area contributed by atoms with Crippen LogP contribution in [0.15, 0.2) is 24.3 Å². The Bertz CT molecular complexity index is 714. The van der Waals surface area contributed by atoms with Crippen LogP contribution in [0.3, 0.4) is 0 Å². The summed E-state index contributed by atoms with van der Waals surface area (Å²) >= 11 is 0. The molecule has 0 saturated carbocycles. The molecule has 32 heavy (non-hydrogen) atoms. The Hall–Kier alpha value is -3.70. The maximum atomic E-state index is 11.9. The van der Waals surface area contributed by atoms with Gasteiger partial charge in [-0.05, 0) is 25.0 Å². The van der Waals surface area contributed by atoms with Crippen molar-refractivity contribution in [3.63, 3.8) is 0 Å². The van der Waals surface area contributed by atoms with Gasteiger partial charge in [-0.15, -0.1) is 0 Å². The quantitative estimate of drug-likeness (QED) is 0.389. The number of hydrogen-bond acceptors (Lipinski definition) is 8. The molecule has 1 rings (SSSR count). The van der Waals surface area contributed by atoms with Gasteiger partial charge in [-0.3, -0.25) is 0 Å². The predicted octanol–water partition coefficient (Wildman–Crippen LogP) is 1.63. The smallest absolute Gasteiger partial charge is 0.407 e. The number of amides is 4. The molecule has 0 aliphatic rings. The SMILES string of the molecule is CNC(=O)OCC(C)OC(=O)NCc1cccc(CNC(=O)OC(C)COC(=O)NC)c1. The normalized spacial score (nSPS) is 11.9. The summed E-state index contributed by atoms with van der Waals surface area (Å²) in [5, 5.41) is 9.79. The highest BCUT2D eigenvalue weighted by Crippen LogP contribution is 2.06. The number of alkyl carbamates (subject to hydrolysis) is 4. The van der Waals surface area contributed by atoms with E-state index in [0.717, 1.165) is 11.1 Å². The molecule has 178 valence electrons. The van der Waals surface area contributed by atoms with Crippen LogP contribution in [0.2, 0.25) is 0 Å². The van der Waals surface area contributed by atoms with Crippen molar-refractivity contribution in [2.45, 2.75) is 39.1 Å². The van der Waals surface area contributed by atoms with Crippen LogP contribution >= 0.6 is 0 Å². The molecular weight excluding hydrogens is 424 g/mol. The molecule has 2 unspecified atom stereocenters. The van der Waals surface area contributed by atoms with Gasteiger partial charge in [0.05, 0.1) is 0 Å². The minimum Gasteiger partial charge on any atom is -0.446 e. The first-order chi connectivity index (χ1) is 15.2. The molecule has 1 aromatic rings. The van der Waals surface area contributed by atoms with E-state index in [1.165, 1.54) is 14.1 Å². The Morgan fingerprint density at radius 1 is 0.750 bits per heavy atom. The van der Waals surface area contributed by atoms with Crippen LogP contribution in [0.4, 0.5) is 19.2 Å². The van der Waals surface area contributed by atoms with Crippen molar-refractivity contribution in [2.75, 3.05) is 27.3 Å². The van der Waals surface area contributed by atoms with Crippen molar-refractivity contribution in [1.82, 2.24) is 21.3 Å². The van der Waals surface area contributed by atoms with E-state index in [9.17, 15) is 19.2 Å². The third kappa shape index (κ3) is 11.5. The average molecular weight is 454 g/mol. The topological polar surface area (TPSA) is 153 Å². The molecule has 1 aromatic carbocycles. The predicted molar refractivity (Wildman–Crippen MR) is 113 cm³/mol. The summed E-state index contributed by atoms with van der Waals surface area (Å²) < 4.78 is 19.8. The van der Waals surface area contributed by atoms with Gasteiger partial charge in [0.15, 0.2) is 0 Å². The average Bonchev–Trinajstić information content (AvgIpc) is 2.78. The molecule has 0 spiro atoms. The van der Waals surface area contributed by atoms with E-state index in [1.54, 1.807) is 38.1 Å². The molecule has 0 aromatic heterocycles. The second-order valence-corrected chi connectivity index (χ2v) is 6.66. The van der Waals surface area contributed by atoms with E-state index in [4.69, 9.17) is 18.9 Å². The minimum atomic E-state index is -0.655. The second-order valence-electron chi connectivity index (χ2n) is 6.66. The molecule has 0 saturated heterocycles.